The zero-order valence-corrected chi connectivity index (χ0v) is 12.7. The molecular formula is C15H12BrClO2. The summed E-state index contributed by atoms with van der Waals surface area (Å²) in [5.41, 5.74) is 1.44. The van der Waals surface area contributed by atoms with Gasteiger partial charge in [0.25, 0.3) is 0 Å². The quantitative estimate of drug-likeness (QED) is 0.765. The van der Waals surface area contributed by atoms with Crippen LogP contribution in [0.25, 0.3) is 0 Å². The lowest BCUT2D eigenvalue weighted by molar-refractivity contribution is 0.0992. The van der Waals surface area contributed by atoms with Crippen molar-refractivity contribution in [1.29, 1.82) is 0 Å². The molecule has 0 aliphatic heterocycles. The van der Waals surface area contributed by atoms with Crippen molar-refractivity contribution in [3.05, 3.63) is 63.1 Å². The predicted molar refractivity (Wildman–Crippen MR) is 80.2 cm³/mol. The van der Waals surface area contributed by atoms with Gasteiger partial charge < -0.3 is 4.74 Å². The Balaban J connectivity index is 2.20. The fourth-order valence-corrected chi connectivity index (χ4v) is 2.48. The van der Waals surface area contributed by atoms with Crippen molar-refractivity contribution in [2.45, 2.75) is 6.42 Å². The van der Waals surface area contributed by atoms with Crippen LogP contribution in [0.4, 0.5) is 0 Å². The highest BCUT2D eigenvalue weighted by molar-refractivity contribution is 9.10. The molecular weight excluding hydrogens is 328 g/mol. The van der Waals surface area contributed by atoms with Crippen molar-refractivity contribution in [3.8, 4) is 5.75 Å². The molecule has 0 aromatic heterocycles. The van der Waals surface area contributed by atoms with Crippen LogP contribution in [0.1, 0.15) is 15.9 Å². The molecule has 0 bridgehead atoms. The lowest BCUT2D eigenvalue weighted by Gasteiger charge is -2.06. The number of halogens is 2. The Morgan fingerprint density at radius 2 is 2.05 bits per heavy atom. The van der Waals surface area contributed by atoms with Gasteiger partial charge in [0.1, 0.15) is 5.75 Å². The Morgan fingerprint density at radius 3 is 2.74 bits per heavy atom. The van der Waals surface area contributed by atoms with E-state index in [4.69, 9.17) is 16.3 Å². The van der Waals surface area contributed by atoms with Crippen LogP contribution in [0.2, 0.25) is 5.02 Å². The van der Waals surface area contributed by atoms with Crippen LogP contribution >= 0.6 is 27.5 Å². The van der Waals surface area contributed by atoms with E-state index in [1.54, 1.807) is 31.4 Å². The van der Waals surface area contributed by atoms with E-state index in [0.717, 1.165) is 10.0 Å². The third-order valence-corrected chi connectivity index (χ3v) is 3.60. The second-order valence-corrected chi connectivity index (χ2v) is 5.39. The van der Waals surface area contributed by atoms with E-state index in [1.165, 1.54) is 0 Å². The van der Waals surface area contributed by atoms with Gasteiger partial charge in [-0.3, -0.25) is 4.79 Å². The van der Waals surface area contributed by atoms with Crippen LogP contribution in [0.5, 0.6) is 5.75 Å². The molecule has 0 fully saturated rings. The topological polar surface area (TPSA) is 26.3 Å². The van der Waals surface area contributed by atoms with Crippen molar-refractivity contribution in [1.82, 2.24) is 0 Å². The van der Waals surface area contributed by atoms with Crippen LogP contribution in [0, 0.1) is 0 Å². The molecule has 0 heterocycles. The van der Waals surface area contributed by atoms with E-state index in [0.29, 0.717) is 16.3 Å². The predicted octanol–water partition coefficient (Wildman–Crippen LogP) is 4.54. The summed E-state index contributed by atoms with van der Waals surface area (Å²) in [5.74, 6) is 0.691. The minimum absolute atomic E-state index is 0.0168. The summed E-state index contributed by atoms with van der Waals surface area (Å²) in [7, 11) is 1.58. The van der Waals surface area contributed by atoms with Crippen LogP contribution in [-0.2, 0) is 6.42 Å². The van der Waals surface area contributed by atoms with Gasteiger partial charge in [-0.25, -0.2) is 0 Å². The molecule has 0 saturated heterocycles. The SMILES string of the molecule is COc1cccc(C(=O)Cc2ccc(Br)cc2Cl)c1. The minimum Gasteiger partial charge on any atom is -0.497 e. The largest absolute Gasteiger partial charge is 0.497 e. The number of Topliss-reactive ketones (excluding diaryl/α,β-unsaturated/α-hetero) is 1. The first-order valence-electron chi connectivity index (χ1n) is 5.71. The fourth-order valence-electron chi connectivity index (χ4n) is 1.74. The number of benzene rings is 2. The number of carbonyl (C=O) groups excluding carboxylic acids is 1. The zero-order chi connectivity index (χ0) is 13.8. The average Bonchev–Trinajstić information content (AvgIpc) is 2.42. The molecule has 2 aromatic rings. The molecule has 4 heteroatoms. The molecule has 2 aromatic carbocycles. The average molecular weight is 340 g/mol. The molecule has 0 unspecified atom stereocenters. The van der Waals surface area contributed by atoms with E-state index < -0.39 is 0 Å². The van der Waals surface area contributed by atoms with Crippen molar-refractivity contribution in [3.63, 3.8) is 0 Å². The highest BCUT2D eigenvalue weighted by Crippen LogP contribution is 2.23. The molecule has 0 radical (unpaired) electrons. The summed E-state index contributed by atoms with van der Waals surface area (Å²) in [6.45, 7) is 0. The van der Waals surface area contributed by atoms with Gasteiger partial charge in [0.2, 0.25) is 0 Å². The fraction of sp³-hybridized carbons (Fsp3) is 0.133. The van der Waals surface area contributed by atoms with Crippen molar-refractivity contribution >= 4 is 33.3 Å². The van der Waals surface area contributed by atoms with Gasteiger partial charge in [0, 0.05) is 21.5 Å². The Bertz CT molecular complexity index is 611. The molecule has 0 aliphatic carbocycles. The number of rotatable bonds is 4. The summed E-state index contributed by atoms with van der Waals surface area (Å²) in [5, 5.41) is 0.589. The second-order valence-electron chi connectivity index (χ2n) is 4.07. The van der Waals surface area contributed by atoms with E-state index in [1.807, 2.05) is 18.2 Å². The second kappa shape index (κ2) is 6.22. The van der Waals surface area contributed by atoms with Gasteiger partial charge in [-0.05, 0) is 29.8 Å². The highest BCUT2D eigenvalue weighted by atomic mass is 79.9. The molecule has 0 atom stereocenters. The Kier molecular flexibility index (Phi) is 4.61. The van der Waals surface area contributed by atoms with Gasteiger partial charge in [-0.15, -0.1) is 0 Å². The Morgan fingerprint density at radius 1 is 1.26 bits per heavy atom. The number of carbonyl (C=O) groups is 1. The zero-order valence-electron chi connectivity index (χ0n) is 10.3. The lowest BCUT2D eigenvalue weighted by Crippen LogP contribution is -2.04. The van der Waals surface area contributed by atoms with Crippen LogP contribution in [-0.4, -0.2) is 12.9 Å². The third-order valence-electron chi connectivity index (χ3n) is 2.76. The molecule has 0 spiro atoms. The Hall–Kier alpha value is -1.32. The normalized spacial score (nSPS) is 10.3. The van der Waals surface area contributed by atoms with Crippen molar-refractivity contribution in [2.24, 2.45) is 0 Å². The molecule has 98 valence electrons. The van der Waals surface area contributed by atoms with Crippen LogP contribution in [0.3, 0.4) is 0 Å². The van der Waals surface area contributed by atoms with Crippen molar-refractivity contribution < 1.29 is 9.53 Å². The maximum Gasteiger partial charge on any atom is 0.167 e. The van der Waals surface area contributed by atoms with Gasteiger partial charge in [0.15, 0.2) is 5.78 Å². The summed E-state index contributed by atoms with van der Waals surface area (Å²) < 4.78 is 6.01. The standard InChI is InChI=1S/C15H12BrClO2/c1-19-13-4-2-3-11(7-13)15(18)8-10-5-6-12(16)9-14(10)17/h2-7,9H,8H2,1H3. The molecule has 2 rings (SSSR count). The molecule has 2 nitrogen and oxygen atoms in total. The van der Waals surface area contributed by atoms with E-state index in [-0.39, 0.29) is 12.2 Å². The van der Waals surface area contributed by atoms with Gasteiger partial charge in [-0.1, -0.05) is 45.7 Å². The number of hydrogen-bond acceptors (Lipinski definition) is 2. The smallest absolute Gasteiger partial charge is 0.167 e. The molecule has 0 aliphatic rings. The van der Waals surface area contributed by atoms with E-state index in [2.05, 4.69) is 15.9 Å². The van der Waals surface area contributed by atoms with Gasteiger partial charge >= 0.3 is 0 Å². The first-order chi connectivity index (χ1) is 9.10. The van der Waals surface area contributed by atoms with Crippen LogP contribution < -0.4 is 4.74 Å². The van der Waals surface area contributed by atoms with Gasteiger partial charge in [0.05, 0.1) is 7.11 Å². The lowest BCUT2D eigenvalue weighted by atomic mass is 10.0. The first-order valence-corrected chi connectivity index (χ1v) is 6.88. The maximum absolute atomic E-state index is 12.2. The summed E-state index contributed by atoms with van der Waals surface area (Å²) in [4.78, 5) is 12.2. The molecule has 0 N–H and O–H groups in total. The van der Waals surface area contributed by atoms with Crippen molar-refractivity contribution in [2.75, 3.05) is 7.11 Å². The van der Waals surface area contributed by atoms with E-state index in [9.17, 15) is 4.79 Å². The van der Waals surface area contributed by atoms with Gasteiger partial charge in [-0.2, -0.15) is 0 Å². The number of methoxy groups -OCH3 is 1. The third kappa shape index (κ3) is 3.58. The minimum atomic E-state index is 0.0168. The summed E-state index contributed by atoms with van der Waals surface area (Å²) in [6.07, 6.45) is 0.277. The summed E-state index contributed by atoms with van der Waals surface area (Å²) in [6, 6.07) is 12.6. The maximum atomic E-state index is 12.2. The number of ether oxygens (including phenoxy) is 1. The molecule has 0 amide bonds. The summed E-state index contributed by atoms with van der Waals surface area (Å²) >= 11 is 9.45. The van der Waals surface area contributed by atoms with E-state index >= 15 is 0 Å². The Labute approximate surface area is 125 Å². The number of ketones is 1. The molecule has 19 heavy (non-hydrogen) atoms. The monoisotopic (exact) mass is 338 g/mol. The number of hydrogen-bond donors (Lipinski definition) is 0. The first kappa shape index (κ1) is 14.1. The van der Waals surface area contributed by atoms with Crippen LogP contribution in [0.15, 0.2) is 46.9 Å². The highest BCUT2D eigenvalue weighted by Gasteiger charge is 2.10. The molecule has 0 saturated carbocycles.